The van der Waals surface area contributed by atoms with Crippen LogP contribution in [-0.2, 0) is 14.4 Å². The second kappa shape index (κ2) is 10.3. The molecule has 0 bridgehead atoms. The van der Waals surface area contributed by atoms with E-state index in [0.29, 0.717) is 19.4 Å². The number of phenolic OH excluding ortho intramolecular Hbond substituents is 2. The van der Waals surface area contributed by atoms with Gasteiger partial charge < -0.3 is 26.2 Å². The number of urea groups is 1. The molecule has 0 atom stereocenters. The quantitative estimate of drug-likeness (QED) is 0.130. The van der Waals surface area contributed by atoms with Crippen molar-refractivity contribution in [3.05, 3.63) is 22.7 Å². The molecule has 1 fully saturated rings. The maximum Gasteiger partial charge on any atom is 0.336 e. The highest BCUT2D eigenvalue weighted by atomic mass is 35.5. The van der Waals surface area contributed by atoms with Gasteiger partial charge in [0, 0.05) is 19.6 Å². The van der Waals surface area contributed by atoms with E-state index in [4.69, 9.17) is 11.6 Å². The normalized spacial score (nSPS) is 12.8. The Bertz CT molecular complexity index is 876. The van der Waals surface area contributed by atoms with Crippen LogP contribution in [0.25, 0.3) is 0 Å². The minimum absolute atomic E-state index is 0.113. The number of aromatic hydroxyl groups is 2. The number of hydrogen-bond acceptors (Lipinski definition) is 7. The molecule has 30 heavy (non-hydrogen) atoms. The highest BCUT2D eigenvalue weighted by Crippen LogP contribution is 2.35. The molecule has 162 valence electrons. The number of ketones is 1. The maximum atomic E-state index is 12.1. The fourth-order valence-corrected chi connectivity index (χ4v) is 2.66. The molecule has 1 aromatic carbocycles. The lowest BCUT2D eigenvalue weighted by Crippen LogP contribution is -2.50. The highest BCUT2D eigenvalue weighted by molar-refractivity contribution is 6.47. The van der Waals surface area contributed by atoms with Gasteiger partial charge in [-0.3, -0.25) is 24.6 Å². The Morgan fingerprint density at radius 1 is 1.03 bits per heavy atom. The standard InChI is InChI=1S/C17H20ClN5O7/c18-11-9(3-4-10(24)13(11)26)12(25)14(27)19-5-1-2-6-20-15(28)16(29)22-23-8-7-21-17(23)30/h3-4,24,26H,1-2,5-8H2,(H,19,27)(H,20,28)(H,21,30)(H,22,29). The predicted molar refractivity (Wildman–Crippen MR) is 103 cm³/mol. The van der Waals surface area contributed by atoms with E-state index in [1.165, 1.54) is 0 Å². The van der Waals surface area contributed by atoms with Gasteiger partial charge in [0.25, 0.3) is 11.7 Å². The lowest BCUT2D eigenvalue weighted by molar-refractivity contribution is -0.141. The van der Waals surface area contributed by atoms with Crippen LogP contribution in [0.3, 0.4) is 0 Å². The van der Waals surface area contributed by atoms with Crippen molar-refractivity contribution in [3.63, 3.8) is 0 Å². The summed E-state index contributed by atoms with van der Waals surface area (Å²) in [6, 6.07) is 1.66. The van der Waals surface area contributed by atoms with Gasteiger partial charge in [-0.2, -0.15) is 0 Å². The van der Waals surface area contributed by atoms with Crippen LogP contribution in [0.5, 0.6) is 11.5 Å². The third-order valence-corrected chi connectivity index (χ3v) is 4.40. The molecule has 0 unspecified atom stereocenters. The second-order valence-electron chi connectivity index (χ2n) is 6.17. The van der Waals surface area contributed by atoms with E-state index in [9.17, 15) is 34.2 Å². The van der Waals surface area contributed by atoms with Crippen molar-refractivity contribution >= 4 is 41.1 Å². The molecule has 1 aromatic rings. The van der Waals surface area contributed by atoms with Gasteiger partial charge in [0.05, 0.1) is 17.1 Å². The molecule has 0 aromatic heterocycles. The second-order valence-corrected chi connectivity index (χ2v) is 6.55. The van der Waals surface area contributed by atoms with Crippen molar-refractivity contribution in [2.24, 2.45) is 0 Å². The lowest BCUT2D eigenvalue weighted by atomic mass is 10.1. The fraction of sp³-hybridized carbons (Fsp3) is 0.353. The monoisotopic (exact) mass is 441 g/mol. The number of amides is 5. The summed E-state index contributed by atoms with van der Waals surface area (Å²) in [6.07, 6.45) is 0.794. The first-order valence-corrected chi connectivity index (χ1v) is 9.27. The van der Waals surface area contributed by atoms with Crippen molar-refractivity contribution in [3.8, 4) is 11.5 Å². The Labute approximate surface area is 175 Å². The molecule has 0 spiro atoms. The van der Waals surface area contributed by atoms with Crippen LogP contribution >= 0.6 is 11.6 Å². The molecular formula is C17H20ClN5O7. The average Bonchev–Trinajstić information content (AvgIpc) is 3.12. The molecule has 1 saturated heterocycles. The fourth-order valence-electron chi connectivity index (χ4n) is 2.42. The van der Waals surface area contributed by atoms with E-state index in [1.54, 1.807) is 0 Å². The van der Waals surface area contributed by atoms with Crippen LogP contribution in [0.2, 0.25) is 5.02 Å². The Morgan fingerprint density at radius 3 is 2.27 bits per heavy atom. The van der Waals surface area contributed by atoms with Crippen LogP contribution in [0.1, 0.15) is 23.2 Å². The van der Waals surface area contributed by atoms with Gasteiger partial charge >= 0.3 is 17.8 Å². The molecule has 0 saturated carbocycles. The first-order valence-electron chi connectivity index (χ1n) is 8.89. The summed E-state index contributed by atoms with van der Waals surface area (Å²) in [4.78, 5) is 58.5. The smallest absolute Gasteiger partial charge is 0.336 e. The average molecular weight is 442 g/mol. The zero-order valence-corrected chi connectivity index (χ0v) is 16.4. The zero-order valence-electron chi connectivity index (χ0n) is 15.7. The summed E-state index contributed by atoms with van der Waals surface area (Å²) in [5.74, 6) is -5.02. The number of rotatable bonds is 8. The largest absolute Gasteiger partial charge is 0.504 e. The van der Waals surface area contributed by atoms with Crippen molar-refractivity contribution in [2.75, 3.05) is 26.2 Å². The number of carbonyl (C=O) groups excluding carboxylic acids is 5. The number of Topliss-reactive ketones (excluding diaryl/α,β-unsaturated/α-hetero) is 1. The Morgan fingerprint density at radius 2 is 1.67 bits per heavy atom. The van der Waals surface area contributed by atoms with E-state index in [1.807, 2.05) is 0 Å². The number of hydrazine groups is 1. The summed E-state index contributed by atoms with van der Waals surface area (Å²) < 4.78 is 0. The van der Waals surface area contributed by atoms with Crippen molar-refractivity contribution in [1.82, 2.24) is 26.4 Å². The topological polar surface area (TPSA) is 177 Å². The molecule has 1 aliphatic rings. The molecule has 0 aliphatic carbocycles. The Kier molecular flexibility index (Phi) is 7.81. The van der Waals surface area contributed by atoms with E-state index >= 15 is 0 Å². The van der Waals surface area contributed by atoms with Gasteiger partial charge in [-0.25, -0.2) is 9.80 Å². The van der Waals surface area contributed by atoms with E-state index in [2.05, 4.69) is 21.4 Å². The van der Waals surface area contributed by atoms with Crippen LogP contribution in [0.4, 0.5) is 4.79 Å². The van der Waals surface area contributed by atoms with Crippen molar-refractivity contribution in [1.29, 1.82) is 0 Å². The van der Waals surface area contributed by atoms with E-state index < -0.39 is 46.1 Å². The number of hydrogen-bond donors (Lipinski definition) is 6. The number of phenols is 2. The molecule has 6 N–H and O–H groups in total. The van der Waals surface area contributed by atoms with Gasteiger partial charge in [0.15, 0.2) is 11.5 Å². The van der Waals surface area contributed by atoms with Crippen molar-refractivity contribution < 1.29 is 34.2 Å². The molecule has 1 aliphatic heterocycles. The van der Waals surface area contributed by atoms with Crippen molar-refractivity contribution in [2.45, 2.75) is 12.8 Å². The van der Waals surface area contributed by atoms with Crippen LogP contribution in [0.15, 0.2) is 12.1 Å². The number of nitrogens with one attached hydrogen (secondary N) is 4. The first-order chi connectivity index (χ1) is 14.2. The SMILES string of the molecule is O=C(NCCCCNC(=O)C(=O)c1ccc(O)c(O)c1Cl)C(=O)NN1CCNC1=O. The highest BCUT2D eigenvalue weighted by Gasteiger charge is 2.24. The number of carbonyl (C=O) groups is 5. The van der Waals surface area contributed by atoms with E-state index in [-0.39, 0.29) is 25.2 Å². The van der Waals surface area contributed by atoms with Gasteiger partial charge in [-0.05, 0) is 25.0 Å². The Balaban J connectivity index is 1.65. The lowest BCUT2D eigenvalue weighted by Gasteiger charge is -2.14. The summed E-state index contributed by atoms with van der Waals surface area (Å²) in [6.45, 7) is 0.877. The third kappa shape index (κ3) is 5.73. The van der Waals surface area contributed by atoms with Gasteiger partial charge in [-0.15, -0.1) is 0 Å². The minimum atomic E-state index is -0.980. The number of unbranched alkanes of at least 4 members (excludes halogenated alkanes) is 1. The van der Waals surface area contributed by atoms with Gasteiger partial charge in [-0.1, -0.05) is 11.6 Å². The van der Waals surface area contributed by atoms with Gasteiger partial charge in [0.1, 0.15) is 0 Å². The third-order valence-electron chi connectivity index (χ3n) is 4.02. The number of benzene rings is 1. The number of nitrogens with zero attached hydrogens (tertiary/aromatic N) is 1. The van der Waals surface area contributed by atoms with Gasteiger partial charge in [0.2, 0.25) is 0 Å². The summed E-state index contributed by atoms with van der Waals surface area (Å²) in [5.41, 5.74) is 1.91. The first kappa shape index (κ1) is 22.7. The van der Waals surface area contributed by atoms with Crippen LogP contribution < -0.4 is 21.4 Å². The summed E-state index contributed by atoms with van der Waals surface area (Å²) in [7, 11) is 0. The number of halogens is 1. The van der Waals surface area contributed by atoms with Crippen LogP contribution in [0, 0.1) is 0 Å². The minimum Gasteiger partial charge on any atom is -0.504 e. The van der Waals surface area contributed by atoms with E-state index in [0.717, 1.165) is 17.1 Å². The Hall–Kier alpha value is -3.54. The molecule has 1 heterocycles. The molecule has 2 rings (SSSR count). The molecule has 13 heteroatoms. The molecular weight excluding hydrogens is 422 g/mol. The maximum absolute atomic E-state index is 12.1. The molecule has 0 radical (unpaired) electrons. The molecule has 5 amide bonds. The zero-order chi connectivity index (χ0) is 22.3. The predicted octanol–water partition coefficient (Wildman–Crippen LogP) is -0.997. The summed E-state index contributed by atoms with van der Waals surface area (Å²) >= 11 is 5.75. The van der Waals surface area contributed by atoms with Crippen LogP contribution in [-0.4, -0.2) is 70.9 Å². The summed E-state index contributed by atoms with van der Waals surface area (Å²) in [5, 5.41) is 26.6. The molecule has 12 nitrogen and oxygen atoms in total.